The third kappa shape index (κ3) is 4.66. The fourth-order valence-electron chi connectivity index (χ4n) is 1.44. The molecule has 1 rings (SSSR count). The van der Waals surface area contributed by atoms with Crippen molar-refractivity contribution in [3.8, 4) is 0 Å². The number of hydrogen-bond acceptors (Lipinski definition) is 3. The lowest BCUT2D eigenvalue weighted by Gasteiger charge is -2.07. The molecule has 0 fully saturated rings. The Balaban J connectivity index is 2.46. The fraction of sp³-hybridized carbons (Fsp3) is 0.417. The van der Waals surface area contributed by atoms with Gasteiger partial charge in [0.05, 0.1) is 5.56 Å². The average molecular weight is 255 g/mol. The van der Waals surface area contributed by atoms with Crippen LogP contribution >= 0.6 is 0 Å². The second kappa shape index (κ2) is 7.19. The number of rotatable bonds is 7. The average Bonchev–Trinajstić information content (AvgIpc) is 2.34. The first-order valence-electron chi connectivity index (χ1n) is 5.52. The zero-order chi connectivity index (χ0) is 12.7. The molecule has 0 saturated heterocycles. The van der Waals surface area contributed by atoms with Crippen molar-refractivity contribution in [2.24, 2.45) is 0 Å². The predicted molar refractivity (Wildman–Crippen MR) is 68.7 cm³/mol. The van der Waals surface area contributed by atoms with Gasteiger partial charge < -0.3 is 10.4 Å². The van der Waals surface area contributed by atoms with Crippen LogP contribution in [0.5, 0.6) is 0 Å². The normalized spacial score (nSPS) is 12.3. The highest BCUT2D eigenvalue weighted by molar-refractivity contribution is 7.84. The second-order valence-electron chi connectivity index (χ2n) is 3.57. The van der Waals surface area contributed by atoms with Crippen LogP contribution in [0.2, 0.25) is 0 Å². The molecule has 0 heterocycles. The Morgan fingerprint density at radius 1 is 1.41 bits per heavy atom. The van der Waals surface area contributed by atoms with Crippen LogP contribution < -0.4 is 5.32 Å². The Bertz CT molecular complexity index is 406. The first-order chi connectivity index (χ1) is 8.15. The topological polar surface area (TPSA) is 66.4 Å². The lowest BCUT2D eigenvalue weighted by molar-refractivity contribution is 0.0695. The van der Waals surface area contributed by atoms with Gasteiger partial charge in [0, 0.05) is 35.4 Å². The Labute approximate surface area is 104 Å². The number of carboxylic acid groups (broad SMARTS) is 1. The molecule has 1 atom stereocenters. The van der Waals surface area contributed by atoms with Gasteiger partial charge in [0.15, 0.2) is 0 Å². The summed E-state index contributed by atoms with van der Waals surface area (Å²) in [6.07, 6.45) is 0. The van der Waals surface area contributed by atoms with Crippen LogP contribution in [0.25, 0.3) is 0 Å². The third-order valence-corrected chi connectivity index (χ3v) is 3.70. The number of carbonyl (C=O) groups is 1. The molecule has 0 amide bonds. The quantitative estimate of drug-likeness (QED) is 0.719. The molecular formula is C12H17NO3S. The summed E-state index contributed by atoms with van der Waals surface area (Å²) in [4.78, 5) is 10.9. The van der Waals surface area contributed by atoms with E-state index in [1.165, 1.54) is 0 Å². The summed E-state index contributed by atoms with van der Waals surface area (Å²) in [6.45, 7) is 3.01. The van der Waals surface area contributed by atoms with Gasteiger partial charge in [-0.3, -0.25) is 4.21 Å². The highest BCUT2D eigenvalue weighted by Crippen LogP contribution is 2.08. The van der Waals surface area contributed by atoms with Crippen molar-refractivity contribution in [1.82, 2.24) is 5.32 Å². The van der Waals surface area contributed by atoms with E-state index in [-0.39, 0.29) is 0 Å². The third-order valence-electron chi connectivity index (χ3n) is 2.39. The largest absolute Gasteiger partial charge is 0.478 e. The summed E-state index contributed by atoms with van der Waals surface area (Å²) in [7, 11) is -0.778. The van der Waals surface area contributed by atoms with E-state index < -0.39 is 16.8 Å². The van der Waals surface area contributed by atoms with E-state index in [0.29, 0.717) is 30.2 Å². The number of aromatic carboxylic acids is 1. The van der Waals surface area contributed by atoms with E-state index >= 15 is 0 Å². The summed E-state index contributed by atoms with van der Waals surface area (Å²) in [5.74, 6) is 0.346. The minimum Gasteiger partial charge on any atom is -0.478 e. The smallest absolute Gasteiger partial charge is 0.336 e. The van der Waals surface area contributed by atoms with E-state index in [9.17, 15) is 9.00 Å². The van der Waals surface area contributed by atoms with E-state index in [0.717, 1.165) is 5.56 Å². The summed E-state index contributed by atoms with van der Waals surface area (Å²) in [5.41, 5.74) is 1.07. The highest BCUT2D eigenvalue weighted by Gasteiger charge is 2.07. The van der Waals surface area contributed by atoms with Gasteiger partial charge in [-0.15, -0.1) is 0 Å². The fourth-order valence-corrected chi connectivity index (χ4v) is 2.10. The molecule has 4 nitrogen and oxygen atoms in total. The Morgan fingerprint density at radius 3 is 2.76 bits per heavy atom. The maximum atomic E-state index is 11.2. The molecule has 1 aromatic carbocycles. The van der Waals surface area contributed by atoms with E-state index in [1.54, 1.807) is 18.2 Å². The van der Waals surface area contributed by atoms with Gasteiger partial charge in [0.25, 0.3) is 0 Å². The summed E-state index contributed by atoms with van der Waals surface area (Å²) < 4.78 is 11.2. The molecule has 0 radical (unpaired) electrons. The molecule has 1 aromatic rings. The number of nitrogens with one attached hydrogen (secondary N) is 1. The van der Waals surface area contributed by atoms with Crippen molar-refractivity contribution in [1.29, 1.82) is 0 Å². The Kier molecular flexibility index (Phi) is 5.86. The van der Waals surface area contributed by atoms with Crippen LogP contribution in [-0.2, 0) is 17.3 Å². The molecule has 0 spiro atoms. The number of carboxylic acids is 1. The van der Waals surface area contributed by atoms with Crippen LogP contribution in [0.3, 0.4) is 0 Å². The van der Waals surface area contributed by atoms with Crippen LogP contribution in [-0.4, -0.2) is 33.3 Å². The molecule has 1 unspecified atom stereocenters. The van der Waals surface area contributed by atoms with Crippen molar-refractivity contribution in [3.63, 3.8) is 0 Å². The second-order valence-corrected chi connectivity index (χ2v) is 5.44. The van der Waals surface area contributed by atoms with Crippen molar-refractivity contribution in [2.75, 3.05) is 18.1 Å². The zero-order valence-electron chi connectivity index (χ0n) is 9.81. The standard InChI is InChI=1S/C12H17NO3S/c1-2-17(16)8-7-13-9-10-5-3-4-6-11(10)12(14)15/h3-6,13H,2,7-9H2,1H3,(H,14,15). The molecular weight excluding hydrogens is 238 g/mol. The van der Waals surface area contributed by atoms with Crippen molar-refractivity contribution in [3.05, 3.63) is 35.4 Å². The lowest BCUT2D eigenvalue weighted by Crippen LogP contribution is -2.21. The summed E-state index contributed by atoms with van der Waals surface area (Å²) in [5, 5.41) is 12.1. The van der Waals surface area contributed by atoms with Crippen molar-refractivity contribution < 1.29 is 14.1 Å². The van der Waals surface area contributed by atoms with Crippen LogP contribution in [0.1, 0.15) is 22.8 Å². The molecule has 0 saturated carbocycles. The SMILES string of the molecule is CCS(=O)CCNCc1ccccc1C(=O)O. The molecule has 0 aliphatic carbocycles. The van der Waals surface area contributed by atoms with Crippen molar-refractivity contribution >= 4 is 16.8 Å². The molecule has 0 bridgehead atoms. The first-order valence-corrected chi connectivity index (χ1v) is 7.00. The van der Waals surface area contributed by atoms with Gasteiger partial charge in [0.2, 0.25) is 0 Å². The molecule has 0 aromatic heterocycles. The summed E-state index contributed by atoms with van der Waals surface area (Å²) >= 11 is 0. The maximum absolute atomic E-state index is 11.2. The van der Waals surface area contributed by atoms with E-state index in [4.69, 9.17) is 5.11 Å². The van der Waals surface area contributed by atoms with Gasteiger partial charge in [-0.25, -0.2) is 4.79 Å². The predicted octanol–water partition coefficient (Wildman–Crippen LogP) is 1.24. The van der Waals surface area contributed by atoms with Gasteiger partial charge in [0.1, 0.15) is 0 Å². The molecule has 17 heavy (non-hydrogen) atoms. The summed E-state index contributed by atoms with van der Waals surface area (Å²) in [6, 6.07) is 6.89. The first kappa shape index (κ1) is 13.9. The van der Waals surface area contributed by atoms with Gasteiger partial charge in [-0.05, 0) is 11.6 Å². The van der Waals surface area contributed by atoms with Crippen LogP contribution in [0, 0.1) is 0 Å². The zero-order valence-corrected chi connectivity index (χ0v) is 10.6. The minimum absolute atomic E-state index is 0.316. The van der Waals surface area contributed by atoms with Gasteiger partial charge in [-0.1, -0.05) is 25.1 Å². The molecule has 94 valence electrons. The van der Waals surface area contributed by atoms with Gasteiger partial charge in [-0.2, -0.15) is 0 Å². The van der Waals surface area contributed by atoms with Crippen LogP contribution in [0.15, 0.2) is 24.3 Å². The highest BCUT2D eigenvalue weighted by atomic mass is 32.2. The van der Waals surface area contributed by atoms with Crippen LogP contribution in [0.4, 0.5) is 0 Å². The molecule has 0 aliphatic rings. The Morgan fingerprint density at radius 2 is 2.12 bits per heavy atom. The van der Waals surface area contributed by atoms with E-state index in [2.05, 4.69) is 5.32 Å². The number of hydrogen-bond donors (Lipinski definition) is 2. The van der Waals surface area contributed by atoms with Gasteiger partial charge >= 0.3 is 5.97 Å². The number of benzene rings is 1. The van der Waals surface area contributed by atoms with E-state index in [1.807, 2.05) is 13.0 Å². The maximum Gasteiger partial charge on any atom is 0.336 e. The molecule has 0 aliphatic heterocycles. The molecule has 5 heteroatoms. The van der Waals surface area contributed by atoms with Crippen molar-refractivity contribution in [2.45, 2.75) is 13.5 Å². The Hall–Kier alpha value is -1.20. The lowest BCUT2D eigenvalue weighted by atomic mass is 10.1. The monoisotopic (exact) mass is 255 g/mol. The molecule has 2 N–H and O–H groups in total. The minimum atomic E-state index is -0.917.